The Morgan fingerprint density at radius 1 is 1.50 bits per heavy atom. The molecular formula is C12H16FN3. The first kappa shape index (κ1) is 11.1. The third-order valence-corrected chi connectivity index (χ3v) is 2.92. The summed E-state index contributed by atoms with van der Waals surface area (Å²) in [5, 5.41) is 0. The summed E-state index contributed by atoms with van der Waals surface area (Å²) in [7, 11) is 1.90. The first-order valence-corrected chi connectivity index (χ1v) is 5.49. The minimum atomic E-state index is -0.274. The van der Waals surface area contributed by atoms with Gasteiger partial charge in [0.05, 0.1) is 5.52 Å². The van der Waals surface area contributed by atoms with Gasteiger partial charge in [-0.3, -0.25) is 0 Å². The predicted octanol–water partition coefficient (Wildman–Crippen LogP) is 1.99. The average molecular weight is 221 g/mol. The molecule has 0 radical (unpaired) electrons. The molecule has 0 fully saturated rings. The number of nitrogens with zero attached hydrogens (tertiary/aromatic N) is 2. The molecular weight excluding hydrogens is 205 g/mol. The van der Waals surface area contributed by atoms with Crippen molar-refractivity contribution < 1.29 is 4.39 Å². The minimum absolute atomic E-state index is 0.0820. The Bertz CT molecular complexity index is 504. The number of aryl methyl sites for hydroxylation is 1. The van der Waals surface area contributed by atoms with Crippen molar-refractivity contribution in [3.8, 4) is 0 Å². The fourth-order valence-electron chi connectivity index (χ4n) is 1.79. The summed E-state index contributed by atoms with van der Waals surface area (Å²) in [6, 6.07) is 5.08. The number of para-hydroxylation sites is 1. The Kier molecular flexibility index (Phi) is 2.92. The van der Waals surface area contributed by atoms with Gasteiger partial charge in [-0.2, -0.15) is 0 Å². The number of fused-ring (bicyclic) bond motifs is 1. The van der Waals surface area contributed by atoms with Gasteiger partial charge in [0.1, 0.15) is 11.3 Å². The van der Waals surface area contributed by atoms with Crippen LogP contribution in [0, 0.1) is 5.82 Å². The van der Waals surface area contributed by atoms with Gasteiger partial charge in [0.25, 0.3) is 0 Å². The highest BCUT2D eigenvalue weighted by molar-refractivity contribution is 5.76. The molecule has 0 aliphatic carbocycles. The van der Waals surface area contributed by atoms with Crippen molar-refractivity contribution in [3.05, 3.63) is 29.8 Å². The van der Waals surface area contributed by atoms with Crippen molar-refractivity contribution in [1.82, 2.24) is 9.55 Å². The summed E-state index contributed by atoms with van der Waals surface area (Å²) < 4.78 is 15.4. The third-order valence-electron chi connectivity index (χ3n) is 2.92. The van der Waals surface area contributed by atoms with E-state index < -0.39 is 0 Å². The number of hydrogen-bond donors (Lipinski definition) is 1. The summed E-state index contributed by atoms with van der Waals surface area (Å²) in [4.78, 5) is 4.31. The lowest BCUT2D eigenvalue weighted by Gasteiger charge is -2.07. The van der Waals surface area contributed by atoms with Crippen LogP contribution in [-0.4, -0.2) is 15.6 Å². The van der Waals surface area contributed by atoms with Gasteiger partial charge < -0.3 is 10.3 Å². The molecule has 2 aromatic rings. The number of halogens is 1. The number of rotatable bonds is 3. The van der Waals surface area contributed by atoms with Gasteiger partial charge in [0.2, 0.25) is 0 Å². The summed E-state index contributed by atoms with van der Waals surface area (Å²) in [5.41, 5.74) is 7.14. The molecule has 1 aromatic heterocycles. The molecule has 0 aliphatic heterocycles. The maximum Gasteiger partial charge on any atom is 0.151 e. The number of hydrogen-bond acceptors (Lipinski definition) is 2. The van der Waals surface area contributed by atoms with E-state index in [1.165, 1.54) is 6.07 Å². The van der Waals surface area contributed by atoms with E-state index in [4.69, 9.17) is 5.73 Å². The molecule has 1 heterocycles. The van der Waals surface area contributed by atoms with E-state index in [9.17, 15) is 4.39 Å². The zero-order chi connectivity index (χ0) is 11.7. The van der Waals surface area contributed by atoms with Crippen LogP contribution in [0.1, 0.15) is 19.2 Å². The zero-order valence-corrected chi connectivity index (χ0v) is 9.57. The minimum Gasteiger partial charge on any atom is -0.331 e. The van der Waals surface area contributed by atoms with Crippen molar-refractivity contribution >= 4 is 11.0 Å². The van der Waals surface area contributed by atoms with E-state index in [2.05, 4.69) is 4.98 Å². The summed E-state index contributed by atoms with van der Waals surface area (Å²) in [5.74, 6) is 0.568. The van der Waals surface area contributed by atoms with Gasteiger partial charge in [-0.25, -0.2) is 9.37 Å². The van der Waals surface area contributed by atoms with Gasteiger partial charge in [-0.05, 0) is 18.6 Å². The lowest BCUT2D eigenvalue weighted by atomic mass is 10.1. The second-order valence-corrected chi connectivity index (χ2v) is 4.07. The molecule has 0 amide bonds. The van der Waals surface area contributed by atoms with E-state index in [0.717, 1.165) is 17.8 Å². The van der Waals surface area contributed by atoms with Crippen molar-refractivity contribution in [2.24, 2.45) is 12.8 Å². The van der Waals surface area contributed by atoms with Gasteiger partial charge in [-0.15, -0.1) is 0 Å². The van der Waals surface area contributed by atoms with Crippen molar-refractivity contribution in [2.45, 2.75) is 25.8 Å². The van der Waals surface area contributed by atoms with Crippen LogP contribution in [0.3, 0.4) is 0 Å². The van der Waals surface area contributed by atoms with Gasteiger partial charge in [0, 0.05) is 19.5 Å². The SMILES string of the molecule is CCC(N)Cc1nc2c(F)cccc2n1C. The van der Waals surface area contributed by atoms with Crippen LogP contribution in [0.25, 0.3) is 11.0 Å². The number of aromatic nitrogens is 2. The molecule has 2 rings (SSSR count). The molecule has 4 heteroatoms. The highest BCUT2D eigenvalue weighted by Crippen LogP contribution is 2.18. The van der Waals surface area contributed by atoms with Crippen LogP contribution < -0.4 is 5.73 Å². The molecule has 3 nitrogen and oxygen atoms in total. The van der Waals surface area contributed by atoms with E-state index in [1.807, 2.05) is 24.6 Å². The quantitative estimate of drug-likeness (QED) is 0.861. The Labute approximate surface area is 94.1 Å². The van der Waals surface area contributed by atoms with Crippen LogP contribution in [0.4, 0.5) is 4.39 Å². The summed E-state index contributed by atoms with van der Waals surface area (Å²) >= 11 is 0. The molecule has 1 aromatic carbocycles. The molecule has 0 bridgehead atoms. The maximum atomic E-state index is 13.5. The Hall–Kier alpha value is -1.42. The fourth-order valence-corrected chi connectivity index (χ4v) is 1.79. The van der Waals surface area contributed by atoms with Crippen molar-refractivity contribution in [1.29, 1.82) is 0 Å². The second-order valence-electron chi connectivity index (χ2n) is 4.07. The van der Waals surface area contributed by atoms with E-state index >= 15 is 0 Å². The molecule has 0 saturated heterocycles. The molecule has 2 N–H and O–H groups in total. The smallest absolute Gasteiger partial charge is 0.151 e. The monoisotopic (exact) mass is 221 g/mol. The molecule has 0 saturated carbocycles. The van der Waals surface area contributed by atoms with Crippen LogP contribution in [0.5, 0.6) is 0 Å². The zero-order valence-electron chi connectivity index (χ0n) is 9.57. The lowest BCUT2D eigenvalue weighted by molar-refractivity contribution is 0.610. The van der Waals surface area contributed by atoms with E-state index in [0.29, 0.717) is 11.9 Å². The second kappa shape index (κ2) is 4.22. The first-order valence-electron chi connectivity index (χ1n) is 5.49. The molecule has 0 aliphatic rings. The first-order chi connectivity index (χ1) is 7.63. The number of nitrogens with two attached hydrogens (primary N) is 1. The lowest BCUT2D eigenvalue weighted by Crippen LogP contribution is -2.23. The van der Waals surface area contributed by atoms with Gasteiger partial charge in [0.15, 0.2) is 5.82 Å². The summed E-state index contributed by atoms with van der Waals surface area (Å²) in [6.45, 7) is 2.04. The van der Waals surface area contributed by atoms with Crippen LogP contribution in [0.15, 0.2) is 18.2 Å². The highest BCUT2D eigenvalue weighted by atomic mass is 19.1. The molecule has 0 spiro atoms. The van der Waals surface area contributed by atoms with E-state index in [-0.39, 0.29) is 11.9 Å². The third kappa shape index (κ3) is 1.80. The fraction of sp³-hybridized carbons (Fsp3) is 0.417. The maximum absolute atomic E-state index is 13.5. The van der Waals surface area contributed by atoms with Gasteiger partial charge >= 0.3 is 0 Å². The van der Waals surface area contributed by atoms with Gasteiger partial charge in [-0.1, -0.05) is 13.0 Å². The average Bonchev–Trinajstić information content (AvgIpc) is 2.58. The Morgan fingerprint density at radius 3 is 2.88 bits per heavy atom. The largest absolute Gasteiger partial charge is 0.331 e. The van der Waals surface area contributed by atoms with Crippen LogP contribution in [-0.2, 0) is 13.5 Å². The number of benzene rings is 1. The van der Waals surface area contributed by atoms with Crippen molar-refractivity contribution in [2.75, 3.05) is 0 Å². The molecule has 16 heavy (non-hydrogen) atoms. The number of imidazole rings is 1. The molecule has 86 valence electrons. The van der Waals surface area contributed by atoms with E-state index in [1.54, 1.807) is 6.07 Å². The highest BCUT2D eigenvalue weighted by Gasteiger charge is 2.12. The molecule has 1 atom stereocenters. The Balaban J connectivity index is 2.48. The Morgan fingerprint density at radius 2 is 2.25 bits per heavy atom. The van der Waals surface area contributed by atoms with Crippen LogP contribution >= 0.6 is 0 Å². The van der Waals surface area contributed by atoms with Crippen LogP contribution in [0.2, 0.25) is 0 Å². The topological polar surface area (TPSA) is 43.8 Å². The normalized spacial score (nSPS) is 13.2. The summed E-state index contributed by atoms with van der Waals surface area (Å²) in [6.07, 6.45) is 1.58. The molecule has 1 unspecified atom stereocenters. The standard InChI is InChI=1S/C12H16FN3/c1-3-8(14)7-11-15-12-9(13)5-4-6-10(12)16(11)2/h4-6,8H,3,7,14H2,1-2H3. The predicted molar refractivity (Wildman–Crippen MR) is 62.6 cm³/mol. The van der Waals surface area contributed by atoms with Crippen molar-refractivity contribution in [3.63, 3.8) is 0 Å².